The van der Waals surface area contributed by atoms with Crippen LogP contribution in [0.5, 0.6) is 0 Å². The van der Waals surface area contributed by atoms with Gasteiger partial charge in [0, 0.05) is 43.9 Å². The predicted molar refractivity (Wildman–Crippen MR) is 147 cm³/mol. The van der Waals surface area contributed by atoms with Gasteiger partial charge in [-0.1, -0.05) is 18.2 Å². The molecule has 12 nitrogen and oxygen atoms in total. The van der Waals surface area contributed by atoms with E-state index in [2.05, 4.69) is 10.6 Å². The van der Waals surface area contributed by atoms with Gasteiger partial charge in [-0.05, 0) is 61.2 Å². The molecule has 0 aromatic heterocycles. The number of likely N-dealkylation sites (tertiary alicyclic amines) is 1. The molecule has 1 spiro atoms. The number of amides is 5. The Morgan fingerprint density at radius 3 is 2.62 bits per heavy atom. The quantitative estimate of drug-likeness (QED) is 0.409. The summed E-state index contributed by atoms with van der Waals surface area (Å²) in [5, 5.41) is 14.4. The number of hydrogen-bond donors (Lipinski definition) is 3. The molecule has 5 rings (SSSR count). The second-order valence-electron chi connectivity index (χ2n) is 10.7. The van der Waals surface area contributed by atoms with Gasteiger partial charge in [0.1, 0.15) is 12.4 Å². The number of benzene rings is 2. The molecule has 5 amide bonds. The lowest BCUT2D eigenvalue weighted by Gasteiger charge is -2.31. The Bertz CT molecular complexity index is 1420. The summed E-state index contributed by atoms with van der Waals surface area (Å²) in [4.78, 5) is 67.5. The van der Waals surface area contributed by atoms with E-state index in [0.29, 0.717) is 36.2 Å². The summed E-state index contributed by atoms with van der Waals surface area (Å²) >= 11 is 0. The Morgan fingerprint density at radius 2 is 1.90 bits per heavy atom. The molecule has 3 aliphatic rings. The fourth-order valence-corrected chi connectivity index (χ4v) is 5.96. The average Bonchev–Trinajstić information content (AvgIpc) is 3.61. The number of nitrogens with zero attached hydrogens (tertiary/aromatic N) is 3. The van der Waals surface area contributed by atoms with Crippen LogP contribution < -0.4 is 10.6 Å². The smallest absolute Gasteiger partial charge is 0.418 e. The van der Waals surface area contributed by atoms with E-state index in [9.17, 15) is 33.5 Å². The third-order valence-corrected chi connectivity index (χ3v) is 8.05. The van der Waals surface area contributed by atoms with E-state index in [1.807, 2.05) is 0 Å². The molecule has 13 heteroatoms. The largest absolute Gasteiger partial charge is 0.480 e. The number of ether oxygens (including phenoxy) is 1. The maximum atomic E-state index is 13.7. The first kappa shape index (κ1) is 29.0. The van der Waals surface area contributed by atoms with Gasteiger partial charge in [-0.15, -0.1) is 0 Å². The van der Waals surface area contributed by atoms with Gasteiger partial charge in [0.25, 0.3) is 5.91 Å². The maximum absolute atomic E-state index is 13.7. The van der Waals surface area contributed by atoms with E-state index in [-0.39, 0.29) is 32.1 Å². The fraction of sp³-hybridized carbons (Fsp3) is 0.414. The van der Waals surface area contributed by atoms with Crippen molar-refractivity contribution in [1.82, 2.24) is 20.0 Å². The summed E-state index contributed by atoms with van der Waals surface area (Å²) in [7, 11) is 1.49. The zero-order valence-electron chi connectivity index (χ0n) is 23.1. The second-order valence-corrected chi connectivity index (χ2v) is 10.7. The molecule has 3 N–H and O–H groups in total. The normalized spacial score (nSPS) is 21.4. The Hall–Kier alpha value is -4.52. The number of rotatable bonds is 9. The van der Waals surface area contributed by atoms with Crippen LogP contribution in [-0.2, 0) is 37.7 Å². The van der Waals surface area contributed by atoms with Crippen LogP contribution in [0.15, 0.2) is 42.5 Å². The minimum absolute atomic E-state index is 0.0860. The molecular formula is C29H32FN5O7. The number of carboxylic acids is 1. The van der Waals surface area contributed by atoms with Gasteiger partial charge in [0.2, 0.25) is 11.5 Å². The molecule has 2 aromatic rings. The molecule has 1 unspecified atom stereocenters. The van der Waals surface area contributed by atoms with Gasteiger partial charge in [-0.3, -0.25) is 19.3 Å². The Balaban J connectivity index is 1.34. The standard InChI is InChI=1S/C29H32FN5O7/c1-31-27(40)32-21-8-9-23-19(13-21)10-11-29(23)26(39)35(28(41)42-29)16-24(36)34(14-18-4-6-20(30)7-5-18)15-22-3-2-12-33(22)17-25(37)38/h4-9,13,22H,2-3,10-12,14-17H2,1H3,(H,37,38)(H2,31,32,40)/t22?,29-/m1/s1. The Labute approximate surface area is 241 Å². The fourth-order valence-electron chi connectivity index (χ4n) is 5.96. The van der Waals surface area contributed by atoms with Gasteiger partial charge in [0.05, 0.1) is 6.54 Å². The first-order valence-corrected chi connectivity index (χ1v) is 13.7. The number of carbonyl (C=O) groups excluding carboxylic acids is 4. The SMILES string of the molecule is CNC(=O)Nc1ccc2c(c1)CC[C@@]21OC(=O)N(CC(=O)N(Cc2ccc(F)cc2)CC2CCCN2CC(=O)O)C1=O. The van der Waals surface area contributed by atoms with Gasteiger partial charge in [-0.2, -0.15) is 0 Å². The molecule has 2 saturated heterocycles. The minimum Gasteiger partial charge on any atom is -0.480 e. The Morgan fingerprint density at radius 1 is 1.14 bits per heavy atom. The summed E-state index contributed by atoms with van der Waals surface area (Å²) in [5.74, 6) is -2.56. The molecular weight excluding hydrogens is 549 g/mol. The first-order valence-electron chi connectivity index (χ1n) is 13.7. The Kier molecular flexibility index (Phi) is 8.12. The number of fused-ring (bicyclic) bond motifs is 2. The maximum Gasteiger partial charge on any atom is 0.418 e. The average molecular weight is 582 g/mol. The first-order chi connectivity index (χ1) is 20.1. The van der Waals surface area contributed by atoms with Crippen LogP contribution in [0.4, 0.5) is 19.7 Å². The van der Waals surface area contributed by atoms with Crippen molar-refractivity contribution < 1.29 is 38.2 Å². The highest BCUT2D eigenvalue weighted by atomic mass is 19.1. The third kappa shape index (κ3) is 5.77. The number of hydrogen-bond acceptors (Lipinski definition) is 7. The van der Waals surface area contributed by atoms with E-state index in [1.165, 1.54) is 24.1 Å². The number of aryl methyl sites for hydroxylation is 1. The highest BCUT2D eigenvalue weighted by Gasteiger charge is 2.58. The lowest BCUT2D eigenvalue weighted by Crippen LogP contribution is -2.48. The number of imide groups is 1. The number of halogens is 1. The summed E-state index contributed by atoms with van der Waals surface area (Å²) in [5.41, 5.74) is 0.871. The lowest BCUT2D eigenvalue weighted by molar-refractivity contribution is -0.142. The van der Waals surface area contributed by atoms with E-state index >= 15 is 0 Å². The number of anilines is 1. The molecule has 222 valence electrons. The molecule has 2 aromatic carbocycles. The predicted octanol–water partition coefficient (Wildman–Crippen LogP) is 2.28. The van der Waals surface area contributed by atoms with Gasteiger partial charge in [0.15, 0.2) is 0 Å². The topological polar surface area (TPSA) is 149 Å². The zero-order chi connectivity index (χ0) is 30.0. The third-order valence-electron chi connectivity index (χ3n) is 8.05. The van der Waals surface area contributed by atoms with E-state index in [1.54, 1.807) is 35.2 Å². The molecule has 2 fully saturated rings. The number of carboxylic acid groups (broad SMARTS) is 1. The summed E-state index contributed by atoms with van der Waals surface area (Å²) in [6.45, 7) is 0.119. The van der Waals surface area contributed by atoms with Crippen LogP contribution in [0, 0.1) is 5.82 Å². The van der Waals surface area contributed by atoms with E-state index in [0.717, 1.165) is 16.9 Å². The van der Waals surface area contributed by atoms with Crippen LogP contribution in [0.25, 0.3) is 0 Å². The number of nitrogens with one attached hydrogen (secondary N) is 2. The van der Waals surface area contributed by atoms with Crippen LogP contribution in [0.2, 0.25) is 0 Å². The van der Waals surface area contributed by atoms with Gasteiger partial charge in [-0.25, -0.2) is 18.9 Å². The summed E-state index contributed by atoms with van der Waals surface area (Å²) < 4.78 is 19.2. The van der Waals surface area contributed by atoms with Crippen molar-refractivity contribution in [1.29, 1.82) is 0 Å². The van der Waals surface area contributed by atoms with Crippen molar-refractivity contribution in [3.05, 3.63) is 65.0 Å². The number of carbonyl (C=O) groups is 5. The van der Waals surface area contributed by atoms with Crippen LogP contribution in [0.1, 0.15) is 36.0 Å². The van der Waals surface area contributed by atoms with Crippen LogP contribution in [-0.4, -0.2) is 89.0 Å². The molecule has 2 aliphatic heterocycles. The zero-order valence-corrected chi connectivity index (χ0v) is 23.1. The van der Waals surface area contributed by atoms with Gasteiger partial charge < -0.3 is 25.4 Å². The highest BCUT2D eigenvalue weighted by molar-refractivity contribution is 6.06. The highest BCUT2D eigenvalue weighted by Crippen LogP contribution is 2.46. The second kappa shape index (κ2) is 11.8. The summed E-state index contributed by atoms with van der Waals surface area (Å²) in [6, 6.07) is 10.0. The molecule has 42 heavy (non-hydrogen) atoms. The van der Waals surface area contributed by atoms with Crippen molar-refractivity contribution >= 4 is 35.6 Å². The van der Waals surface area contributed by atoms with Gasteiger partial charge >= 0.3 is 18.1 Å². The number of aliphatic carboxylic acids is 1. The van der Waals surface area contributed by atoms with Crippen molar-refractivity contribution in [2.45, 2.75) is 43.9 Å². The van der Waals surface area contributed by atoms with Crippen molar-refractivity contribution in [3.8, 4) is 0 Å². The summed E-state index contributed by atoms with van der Waals surface area (Å²) in [6.07, 6.45) is 1.16. The monoisotopic (exact) mass is 581 g/mol. The van der Waals surface area contributed by atoms with Crippen molar-refractivity contribution in [2.75, 3.05) is 38.5 Å². The number of urea groups is 1. The van der Waals surface area contributed by atoms with Crippen LogP contribution >= 0.6 is 0 Å². The molecule has 2 atom stereocenters. The minimum atomic E-state index is -1.55. The molecule has 0 saturated carbocycles. The molecule has 0 radical (unpaired) electrons. The molecule has 1 aliphatic carbocycles. The van der Waals surface area contributed by atoms with Crippen LogP contribution in [0.3, 0.4) is 0 Å². The van der Waals surface area contributed by atoms with Crippen molar-refractivity contribution in [2.24, 2.45) is 0 Å². The van der Waals surface area contributed by atoms with E-state index in [4.69, 9.17) is 4.74 Å². The van der Waals surface area contributed by atoms with Crippen molar-refractivity contribution in [3.63, 3.8) is 0 Å². The molecule has 0 bridgehead atoms. The van der Waals surface area contributed by atoms with E-state index < -0.39 is 47.9 Å². The lowest BCUT2D eigenvalue weighted by atomic mass is 9.94. The molecule has 2 heterocycles.